The second-order valence-corrected chi connectivity index (χ2v) is 4.59. The average Bonchev–Trinajstić information content (AvgIpc) is 2.56. The van der Waals surface area contributed by atoms with Crippen molar-refractivity contribution in [3.63, 3.8) is 0 Å². The van der Waals surface area contributed by atoms with Crippen LogP contribution >= 0.6 is 0 Å². The minimum Gasteiger partial charge on any atom is -0.341 e. The van der Waals surface area contributed by atoms with Gasteiger partial charge in [0.2, 0.25) is 0 Å². The van der Waals surface area contributed by atoms with Crippen LogP contribution in [0.3, 0.4) is 0 Å². The molecule has 0 fully saturated rings. The van der Waals surface area contributed by atoms with Crippen molar-refractivity contribution in [3.05, 3.63) is 66.0 Å². The van der Waals surface area contributed by atoms with E-state index in [9.17, 15) is 9.59 Å². The topological polar surface area (TPSA) is 83.5 Å². The highest BCUT2D eigenvalue weighted by molar-refractivity contribution is 6.35. The summed E-state index contributed by atoms with van der Waals surface area (Å²) in [6.45, 7) is 1.80. The summed E-state index contributed by atoms with van der Waals surface area (Å²) in [5.41, 5.74) is 3.82. The maximum Gasteiger partial charge on any atom is 0.329 e. The summed E-state index contributed by atoms with van der Waals surface area (Å²) in [6.07, 6.45) is 4.64. The van der Waals surface area contributed by atoms with E-state index in [0.717, 1.165) is 11.1 Å². The van der Waals surface area contributed by atoms with Crippen molar-refractivity contribution in [2.24, 2.45) is 5.10 Å². The van der Waals surface area contributed by atoms with Crippen LogP contribution in [0.1, 0.15) is 24.1 Å². The van der Waals surface area contributed by atoms with Gasteiger partial charge in [-0.15, -0.1) is 0 Å². The van der Waals surface area contributed by atoms with E-state index in [2.05, 4.69) is 20.8 Å². The van der Waals surface area contributed by atoms with Gasteiger partial charge in [-0.05, 0) is 18.6 Å². The average molecular weight is 296 g/mol. The predicted molar refractivity (Wildman–Crippen MR) is 83.0 cm³/mol. The number of hydrogen-bond donors (Lipinski definition) is 2. The smallest absolute Gasteiger partial charge is 0.329 e. The number of carbonyl (C=O) groups excluding carboxylic acids is 2. The quantitative estimate of drug-likeness (QED) is 0.508. The molecule has 1 atom stereocenters. The summed E-state index contributed by atoms with van der Waals surface area (Å²) in [4.78, 5) is 27.3. The fourth-order valence-corrected chi connectivity index (χ4v) is 1.76. The van der Waals surface area contributed by atoms with Crippen LogP contribution in [-0.2, 0) is 9.59 Å². The predicted octanol–water partition coefficient (Wildman–Crippen LogP) is 1.41. The molecular formula is C16H16N4O2. The van der Waals surface area contributed by atoms with Crippen LogP contribution < -0.4 is 10.7 Å². The second-order valence-electron chi connectivity index (χ2n) is 4.59. The Morgan fingerprint density at radius 1 is 1.14 bits per heavy atom. The number of benzene rings is 1. The maximum absolute atomic E-state index is 11.8. The normalized spacial score (nSPS) is 11.9. The molecule has 2 amide bonds. The van der Waals surface area contributed by atoms with Gasteiger partial charge in [0.15, 0.2) is 0 Å². The highest BCUT2D eigenvalue weighted by atomic mass is 16.2. The van der Waals surface area contributed by atoms with Gasteiger partial charge in [0, 0.05) is 18.0 Å². The number of rotatable bonds is 4. The Balaban J connectivity index is 1.85. The standard InChI is InChI=1S/C16H16N4O2/c1-12(14-7-3-2-4-8-14)19-15(21)16(22)20-18-11-13-6-5-9-17-10-13/h2-12H,1H3,(H,19,21)(H,20,22)/b18-11-/t12-/m0/s1. The number of hydrazone groups is 1. The van der Waals surface area contributed by atoms with Gasteiger partial charge in [-0.3, -0.25) is 14.6 Å². The van der Waals surface area contributed by atoms with Crippen LogP contribution in [0.5, 0.6) is 0 Å². The monoisotopic (exact) mass is 296 g/mol. The Labute approximate surface area is 128 Å². The molecule has 22 heavy (non-hydrogen) atoms. The van der Waals surface area contributed by atoms with Gasteiger partial charge >= 0.3 is 11.8 Å². The van der Waals surface area contributed by atoms with Crippen molar-refractivity contribution in [1.82, 2.24) is 15.7 Å². The largest absolute Gasteiger partial charge is 0.341 e. The fraction of sp³-hybridized carbons (Fsp3) is 0.125. The van der Waals surface area contributed by atoms with Gasteiger partial charge < -0.3 is 5.32 Å². The van der Waals surface area contributed by atoms with Gasteiger partial charge in [-0.25, -0.2) is 5.43 Å². The zero-order chi connectivity index (χ0) is 15.8. The molecule has 0 saturated carbocycles. The lowest BCUT2D eigenvalue weighted by Crippen LogP contribution is -2.39. The third-order valence-corrected chi connectivity index (χ3v) is 2.92. The summed E-state index contributed by atoms with van der Waals surface area (Å²) in [7, 11) is 0. The summed E-state index contributed by atoms with van der Waals surface area (Å²) >= 11 is 0. The molecule has 112 valence electrons. The maximum atomic E-state index is 11.8. The van der Waals surface area contributed by atoms with Crippen LogP contribution in [-0.4, -0.2) is 23.0 Å². The molecule has 2 N–H and O–H groups in total. The van der Waals surface area contributed by atoms with Gasteiger partial charge in [0.25, 0.3) is 0 Å². The van der Waals surface area contributed by atoms with Crippen LogP contribution in [0.25, 0.3) is 0 Å². The first-order valence-electron chi connectivity index (χ1n) is 6.75. The third-order valence-electron chi connectivity index (χ3n) is 2.92. The Hall–Kier alpha value is -3.02. The zero-order valence-corrected chi connectivity index (χ0v) is 12.1. The summed E-state index contributed by atoms with van der Waals surface area (Å²) in [5.74, 6) is -1.55. The molecule has 0 aliphatic rings. The van der Waals surface area contributed by atoms with Gasteiger partial charge in [0.05, 0.1) is 12.3 Å². The van der Waals surface area contributed by atoms with Crippen molar-refractivity contribution in [3.8, 4) is 0 Å². The van der Waals surface area contributed by atoms with E-state index in [1.807, 2.05) is 30.3 Å². The van der Waals surface area contributed by atoms with Gasteiger partial charge in [-0.2, -0.15) is 5.10 Å². The molecule has 2 aromatic rings. The van der Waals surface area contributed by atoms with Gasteiger partial charge in [-0.1, -0.05) is 36.4 Å². The second kappa shape index (κ2) is 7.68. The molecule has 6 nitrogen and oxygen atoms in total. The molecule has 1 aromatic carbocycles. The Kier molecular flexibility index (Phi) is 5.37. The number of pyridine rings is 1. The minimum absolute atomic E-state index is 0.262. The van der Waals surface area contributed by atoms with Crippen LogP contribution in [0, 0.1) is 0 Å². The Morgan fingerprint density at radius 2 is 1.91 bits per heavy atom. The Bertz CT molecular complexity index is 656. The third kappa shape index (κ3) is 4.52. The number of amides is 2. The molecule has 1 aromatic heterocycles. The molecule has 0 aliphatic carbocycles. The lowest BCUT2D eigenvalue weighted by Gasteiger charge is -2.13. The number of nitrogens with one attached hydrogen (secondary N) is 2. The van der Waals surface area contributed by atoms with Crippen molar-refractivity contribution in [2.45, 2.75) is 13.0 Å². The lowest BCUT2D eigenvalue weighted by atomic mass is 10.1. The van der Waals surface area contributed by atoms with Crippen LogP contribution in [0.2, 0.25) is 0 Å². The van der Waals surface area contributed by atoms with E-state index in [0.29, 0.717) is 0 Å². The summed E-state index contributed by atoms with van der Waals surface area (Å²) in [5, 5.41) is 6.32. The molecule has 0 spiro atoms. The molecule has 0 unspecified atom stereocenters. The minimum atomic E-state index is -0.817. The van der Waals surface area contributed by atoms with E-state index in [-0.39, 0.29) is 6.04 Å². The van der Waals surface area contributed by atoms with E-state index >= 15 is 0 Å². The first-order valence-corrected chi connectivity index (χ1v) is 6.75. The molecule has 1 heterocycles. The summed E-state index contributed by atoms with van der Waals surface area (Å²) in [6, 6.07) is 12.6. The molecule has 0 radical (unpaired) electrons. The molecule has 2 rings (SSSR count). The molecule has 6 heteroatoms. The first-order chi connectivity index (χ1) is 10.7. The number of nitrogens with zero attached hydrogens (tertiary/aromatic N) is 2. The van der Waals surface area contributed by atoms with E-state index in [1.54, 1.807) is 31.5 Å². The SMILES string of the molecule is C[C@H](NC(=O)C(=O)N/N=C\c1cccnc1)c1ccccc1. The van der Waals surface area contributed by atoms with Crippen molar-refractivity contribution >= 4 is 18.0 Å². The lowest BCUT2D eigenvalue weighted by molar-refractivity contribution is -0.139. The van der Waals surface area contributed by atoms with Crippen molar-refractivity contribution < 1.29 is 9.59 Å². The number of carbonyl (C=O) groups is 2. The van der Waals surface area contributed by atoms with E-state index in [1.165, 1.54) is 6.21 Å². The Morgan fingerprint density at radius 3 is 2.59 bits per heavy atom. The van der Waals surface area contributed by atoms with Crippen molar-refractivity contribution in [1.29, 1.82) is 0 Å². The number of aromatic nitrogens is 1. The number of hydrogen-bond acceptors (Lipinski definition) is 4. The molecule has 0 aliphatic heterocycles. The van der Waals surface area contributed by atoms with Crippen LogP contribution in [0.15, 0.2) is 60.0 Å². The van der Waals surface area contributed by atoms with Gasteiger partial charge in [0.1, 0.15) is 0 Å². The van der Waals surface area contributed by atoms with Crippen molar-refractivity contribution in [2.75, 3.05) is 0 Å². The first kappa shape index (κ1) is 15.4. The summed E-state index contributed by atoms with van der Waals surface area (Å²) < 4.78 is 0. The fourth-order valence-electron chi connectivity index (χ4n) is 1.76. The highest BCUT2D eigenvalue weighted by Gasteiger charge is 2.16. The van der Waals surface area contributed by atoms with Crippen LogP contribution in [0.4, 0.5) is 0 Å². The van der Waals surface area contributed by atoms with E-state index in [4.69, 9.17) is 0 Å². The molecule has 0 saturated heterocycles. The molecular weight excluding hydrogens is 280 g/mol. The highest BCUT2D eigenvalue weighted by Crippen LogP contribution is 2.10. The molecule has 0 bridgehead atoms. The zero-order valence-electron chi connectivity index (χ0n) is 12.1. The van der Waals surface area contributed by atoms with E-state index < -0.39 is 11.8 Å².